The van der Waals surface area contributed by atoms with E-state index in [9.17, 15) is 9.59 Å². The van der Waals surface area contributed by atoms with E-state index in [1.807, 2.05) is 61.5 Å². The summed E-state index contributed by atoms with van der Waals surface area (Å²) in [5, 5.41) is 2.98. The van der Waals surface area contributed by atoms with Crippen LogP contribution in [-0.4, -0.2) is 18.9 Å². The van der Waals surface area contributed by atoms with Gasteiger partial charge in [0.1, 0.15) is 11.5 Å². The Labute approximate surface area is 181 Å². The molecule has 2 heterocycles. The second kappa shape index (κ2) is 9.08. The van der Waals surface area contributed by atoms with Crippen molar-refractivity contribution < 1.29 is 18.7 Å². The highest BCUT2D eigenvalue weighted by molar-refractivity contribution is 5.97. The topological polar surface area (TPSA) is 71.8 Å². The van der Waals surface area contributed by atoms with Crippen LogP contribution in [-0.2, 0) is 16.1 Å². The lowest BCUT2D eigenvalue weighted by molar-refractivity contribution is -0.129. The van der Waals surface area contributed by atoms with Crippen LogP contribution in [0, 0.1) is 12.8 Å². The summed E-state index contributed by atoms with van der Waals surface area (Å²) in [5.41, 5.74) is 2.70. The maximum atomic E-state index is 13.3. The maximum absolute atomic E-state index is 13.3. The number of amides is 2. The molecule has 160 valence electrons. The first-order valence-corrected chi connectivity index (χ1v) is 10.4. The zero-order chi connectivity index (χ0) is 21.8. The van der Waals surface area contributed by atoms with Crippen molar-refractivity contribution in [2.24, 2.45) is 5.92 Å². The number of carbonyl (C=O) groups excluding carboxylic acids is 2. The smallest absolute Gasteiger partial charge is 0.227 e. The SMILES string of the molecule is COc1ccccc1C1C(C(=O)NCc2ccco2)CCC(=O)N1c1ccc(C)cc1. The summed E-state index contributed by atoms with van der Waals surface area (Å²) in [6, 6.07) is 18.5. The third kappa shape index (κ3) is 4.33. The Morgan fingerprint density at radius 2 is 1.90 bits per heavy atom. The van der Waals surface area contributed by atoms with Crippen LogP contribution >= 0.6 is 0 Å². The molecule has 1 aliphatic rings. The Balaban J connectivity index is 1.73. The van der Waals surface area contributed by atoms with Crippen LogP contribution in [0.1, 0.15) is 35.8 Å². The van der Waals surface area contributed by atoms with E-state index in [1.54, 1.807) is 24.3 Å². The van der Waals surface area contributed by atoms with Gasteiger partial charge in [-0.2, -0.15) is 0 Å². The number of anilines is 1. The lowest BCUT2D eigenvalue weighted by atomic mass is 9.82. The van der Waals surface area contributed by atoms with Crippen LogP contribution in [0.5, 0.6) is 5.75 Å². The van der Waals surface area contributed by atoms with Gasteiger partial charge >= 0.3 is 0 Å². The third-order valence-corrected chi connectivity index (χ3v) is 5.72. The number of hydrogen-bond acceptors (Lipinski definition) is 4. The second-order valence-electron chi connectivity index (χ2n) is 7.73. The lowest BCUT2D eigenvalue weighted by Gasteiger charge is -2.41. The van der Waals surface area contributed by atoms with Crippen molar-refractivity contribution in [2.45, 2.75) is 32.4 Å². The maximum Gasteiger partial charge on any atom is 0.227 e. The number of ether oxygens (including phenoxy) is 1. The van der Waals surface area contributed by atoms with Gasteiger partial charge in [-0.05, 0) is 43.7 Å². The summed E-state index contributed by atoms with van der Waals surface area (Å²) < 4.78 is 10.9. The van der Waals surface area contributed by atoms with Crippen LogP contribution in [0.25, 0.3) is 0 Å². The average Bonchev–Trinajstić information content (AvgIpc) is 3.31. The molecule has 4 rings (SSSR count). The highest BCUT2D eigenvalue weighted by Crippen LogP contribution is 2.43. The van der Waals surface area contributed by atoms with E-state index in [1.165, 1.54) is 0 Å². The first kappa shape index (κ1) is 20.7. The van der Waals surface area contributed by atoms with Gasteiger partial charge < -0.3 is 19.4 Å². The number of methoxy groups -OCH3 is 1. The van der Waals surface area contributed by atoms with Crippen molar-refractivity contribution in [3.05, 3.63) is 83.8 Å². The predicted octanol–water partition coefficient (Wildman–Crippen LogP) is 4.40. The molecule has 1 aromatic heterocycles. The summed E-state index contributed by atoms with van der Waals surface area (Å²) in [7, 11) is 1.60. The molecule has 2 atom stereocenters. The largest absolute Gasteiger partial charge is 0.496 e. The number of nitrogens with one attached hydrogen (secondary N) is 1. The Morgan fingerprint density at radius 3 is 2.61 bits per heavy atom. The van der Waals surface area contributed by atoms with E-state index in [2.05, 4.69) is 5.32 Å². The van der Waals surface area contributed by atoms with Gasteiger partial charge in [-0.1, -0.05) is 35.9 Å². The average molecular weight is 418 g/mol. The molecule has 1 saturated heterocycles. The standard InChI is InChI=1S/C25H26N2O4/c1-17-9-11-18(12-10-17)27-23(28)14-13-21(25(29)26-16-19-6-5-15-31-19)24(27)20-7-3-4-8-22(20)30-2/h3-12,15,21,24H,13-14,16H2,1-2H3,(H,26,29). The summed E-state index contributed by atoms with van der Waals surface area (Å²) in [4.78, 5) is 28.1. The van der Waals surface area contributed by atoms with E-state index < -0.39 is 12.0 Å². The van der Waals surface area contributed by atoms with Crippen LogP contribution in [0.4, 0.5) is 5.69 Å². The van der Waals surface area contributed by atoms with Crippen LogP contribution in [0.3, 0.4) is 0 Å². The molecule has 1 fully saturated rings. The molecule has 2 unspecified atom stereocenters. The predicted molar refractivity (Wildman–Crippen MR) is 118 cm³/mol. The van der Waals surface area contributed by atoms with Crippen LogP contribution in [0.2, 0.25) is 0 Å². The van der Waals surface area contributed by atoms with Crippen molar-refractivity contribution in [1.82, 2.24) is 5.32 Å². The number of carbonyl (C=O) groups is 2. The second-order valence-corrected chi connectivity index (χ2v) is 7.73. The van der Waals surface area contributed by atoms with E-state index in [0.29, 0.717) is 30.9 Å². The highest BCUT2D eigenvalue weighted by atomic mass is 16.5. The minimum Gasteiger partial charge on any atom is -0.496 e. The van der Waals surface area contributed by atoms with Crippen molar-refractivity contribution >= 4 is 17.5 Å². The van der Waals surface area contributed by atoms with E-state index >= 15 is 0 Å². The molecule has 0 radical (unpaired) electrons. The van der Waals surface area contributed by atoms with Gasteiger partial charge in [-0.25, -0.2) is 0 Å². The molecule has 0 saturated carbocycles. The zero-order valence-corrected chi connectivity index (χ0v) is 17.7. The van der Waals surface area contributed by atoms with Crippen molar-refractivity contribution in [3.8, 4) is 5.75 Å². The molecule has 6 heteroatoms. The fourth-order valence-corrected chi connectivity index (χ4v) is 4.16. The van der Waals surface area contributed by atoms with Gasteiger partial charge in [0.2, 0.25) is 11.8 Å². The van der Waals surface area contributed by atoms with Gasteiger partial charge in [-0.3, -0.25) is 9.59 Å². The molecule has 0 bridgehead atoms. The Morgan fingerprint density at radius 1 is 1.13 bits per heavy atom. The Hall–Kier alpha value is -3.54. The third-order valence-electron chi connectivity index (χ3n) is 5.72. The normalized spacial score (nSPS) is 18.6. The molecule has 3 aromatic rings. The molecule has 0 spiro atoms. The number of benzene rings is 2. The highest BCUT2D eigenvalue weighted by Gasteiger charge is 2.42. The first-order chi connectivity index (χ1) is 15.1. The van der Waals surface area contributed by atoms with Crippen molar-refractivity contribution in [3.63, 3.8) is 0 Å². The molecule has 0 aliphatic carbocycles. The quantitative estimate of drug-likeness (QED) is 0.644. The Bertz CT molecular complexity index is 1040. The Kier molecular flexibility index (Phi) is 6.07. The molecule has 2 amide bonds. The molecular formula is C25H26N2O4. The number of rotatable bonds is 6. The minimum atomic E-state index is -0.475. The number of nitrogens with zero attached hydrogens (tertiary/aromatic N) is 1. The molecular weight excluding hydrogens is 392 g/mol. The number of hydrogen-bond donors (Lipinski definition) is 1. The van der Waals surface area contributed by atoms with Crippen molar-refractivity contribution in [2.75, 3.05) is 12.0 Å². The fraction of sp³-hybridized carbons (Fsp3) is 0.280. The summed E-state index contributed by atoms with van der Waals surface area (Å²) in [6.45, 7) is 2.31. The molecule has 31 heavy (non-hydrogen) atoms. The number of furan rings is 1. The molecule has 1 N–H and O–H groups in total. The van der Waals surface area contributed by atoms with Gasteiger partial charge in [0.05, 0.1) is 31.9 Å². The van der Waals surface area contributed by atoms with Gasteiger partial charge in [0, 0.05) is 17.7 Å². The van der Waals surface area contributed by atoms with Gasteiger partial charge in [0.15, 0.2) is 0 Å². The van der Waals surface area contributed by atoms with Crippen molar-refractivity contribution in [1.29, 1.82) is 0 Å². The minimum absolute atomic E-state index is 0.00477. The summed E-state index contributed by atoms with van der Waals surface area (Å²) in [5.74, 6) is 0.796. The summed E-state index contributed by atoms with van der Waals surface area (Å²) in [6.07, 6.45) is 2.35. The number of piperidine rings is 1. The van der Waals surface area contributed by atoms with E-state index in [-0.39, 0.29) is 11.8 Å². The first-order valence-electron chi connectivity index (χ1n) is 10.4. The zero-order valence-electron chi connectivity index (χ0n) is 17.7. The molecule has 1 aliphatic heterocycles. The van der Waals surface area contributed by atoms with E-state index in [0.717, 1.165) is 16.8 Å². The van der Waals surface area contributed by atoms with Crippen LogP contribution in [0.15, 0.2) is 71.3 Å². The molecule has 6 nitrogen and oxygen atoms in total. The van der Waals surface area contributed by atoms with Crippen LogP contribution < -0.4 is 15.0 Å². The van der Waals surface area contributed by atoms with Gasteiger partial charge in [-0.15, -0.1) is 0 Å². The lowest BCUT2D eigenvalue weighted by Crippen LogP contribution is -2.48. The van der Waals surface area contributed by atoms with Gasteiger partial charge in [0.25, 0.3) is 0 Å². The fourth-order valence-electron chi connectivity index (χ4n) is 4.16. The number of para-hydroxylation sites is 1. The monoisotopic (exact) mass is 418 g/mol. The summed E-state index contributed by atoms with van der Waals surface area (Å²) >= 11 is 0. The number of aryl methyl sites for hydroxylation is 1. The van der Waals surface area contributed by atoms with E-state index in [4.69, 9.17) is 9.15 Å². The molecule has 2 aromatic carbocycles.